The van der Waals surface area contributed by atoms with E-state index in [9.17, 15) is 4.79 Å². The number of carbonyl (C=O) groups excluding carboxylic acids is 1. The first-order valence-electron chi connectivity index (χ1n) is 8.62. The third-order valence-electron chi connectivity index (χ3n) is 4.99. The molecular formula is C17H24N4O. The summed E-state index contributed by atoms with van der Waals surface area (Å²) in [6.07, 6.45) is 7.56. The van der Waals surface area contributed by atoms with E-state index in [0.29, 0.717) is 24.8 Å². The van der Waals surface area contributed by atoms with Crippen LogP contribution in [0.5, 0.6) is 0 Å². The lowest BCUT2D eigenvalue weighted by molar-refractivity contribution is -0.119. The third-order valence-corrected chi connectivity index (χ3v) is 4.99. The van der Waals surface area contributed by atoms with Crippen LogP contribution >= 0.6 is 0 Å². The van der Waals surface area contributed by atoms with E-state index in [-0.39, 0.29) is 0 Å². The smallest absolute Gasteiger partial charge is 0.171 e. The number of aromatic nitrogens is 2. The second-order valence-corrected chi connectivity index (χ2v) is 6.92. The normalized spacial score (nSPS) is 22.5. The van der Waals surface area contributed by atoms with Gasteiger partial charge in [0.05, 0.1) is 13.1 Å². The SMILES string of the molecule is Cc1c(N2CCCCCC2)nc(C2CC2)nc1N1CC(=O)C1. The summed E-state index contributed by atoms with van der Waals surface area (Å²) in [6.45, 7) is 5.35. The molecule has 2 saturated heterocycles. The number of anilines is 2. The molecule has 1 aliphatic carbocycles. The van der Waals surface area contributed by atoms with Gasteiger partial charge < -0.3 is 9.80 Å². The van der Waals surface area contributed by atoms with Crippen LogP contribution in [-0.4, -0.2) is 41.9 Å². The fourth-order valence-corrected chi connectivity index (χ4v) is 3.46. The Hall–Kier alpha value is -1.65. The van der Waals surface area contributed by atoms with Crippen molar-refractivity contribution in [3.8, 4) is 0 Å². The molecule has 1 aromatic rings. The molecule has 2 aliphatic heterocycles. The molecule has 0 radical (unpaired) electrons. The first-order valence-corrected chi connectivity index (χ1v) is 8.62. The van der Waals surface area contributed by atoms with E-state index in [4.69, 9.17) is 9.97 Å². The Kier molecular flexibility index (Phi) is 3.51. The van der Waals surface area contributed by atoms with E-state index in [1.165, 1.54) is 38.5 Å². The molecule has 3 fully saturated rings. The van der Waals surface area contributed by atoms with Gasteiger partial charge in [0.25, 0.3) is 0 Å². The lowest BCUT2D eigenvalue weighted by Crippen LogP contribution is -2.48. The lowest BCUT2D eigenvalue weighted by Gasteiger charge is -2.33. The van der Waals surface area contributed by atoms with E-state index in [0.717, 1.165) is 36.1 Å². The highest BCUT2D eigenvalue weighted by atomic mass is 16.1. The minimum absolute atomic E-state index is 0.308. The van der Waals surface area contributed by atoms with Gasteiger partial charge in [-0.2, -0.15) is 0 Å². The summed E-state index contributed by atoms with van der Waals surface area (Å²) >= 11 is 0. The number of hydrogen-bond donors (Lipinski definition) is 0. The number of rotatable bonds is 3. The van der Waals surface area contributed by atoms with Crippen molar-refractivity contribution in [2.45, 2.75) is 51.4 Å². The minimum Gasteiger partial charge on any atom is -0.356 e. The Morgan fingerprint density at radius 2 is 1.50 bits per heavy atom. The van der Waals surface area contributed by atoms with Crippen molar-refractivity contribution >= 4 is 17.4 Å². The first kappa shape index (κ1) is 14.0. The Bertz CT molecular complexity index is 581. The van der Waals surface area contributed by atoms with Crippen LogP contribution in [0.25, 0.3) is 0 Å². The van der Waals surface area contributed by atoms with Crippen LogP contribution in [0, 0.1) is 6.92 Å². The van der Waals surface area contributed by atoms with Gasteiger partial charge in [-0.05, 0) is 32.6 Å². The van der Waals surface area contributed by atoms with Gasteiger partial charge in [-0.1, -0.05) is 12.8 Å². The zero-order valence-electron chi connectivity index (χ0n) is 13.3. The summed E-state index contributed by atoms with van der Waals surface area (Å²) in [4.78, 5) is 25.6. The minimum atomic E-state index is 0.308. The van der Waals surface area contributed by atoms with Crippen molar-refractivity contribution in [3.05, 3.63) is 11.4 Å². The summed E-state index contributed by atoms with van der Waals surface area (Å²) in [5, 5.41) is 0. The van der Waals surface area contributed by atoms with Crippen molar-refractivity contribution in [1.82, 2.24) is 9.97 Å². The second kappa shape index (κ2) is 5.52. The molecule has 0 amide bonds. The number of ketones is 1. The summed E-state index contributed by atoms with van der Waals surface area (Å²) in [6, 6.07) is 0. The highest BCUT2D eigenvalue weighted by Crippen LogP contribution is 2.41. The van der Waals surface area contributed by atoms with Gasteiger partial charge in [-0.15, -0.1) is 0 Å². The number of Topliss-reactive ketones (excluding diaryl/α,β-unsaturated/α-hetero) is 1. The molecule has 5 nitrogen and oxygen atoms in total. The zero-order valence-corrected chi connectivity index (χ0v) is 13.3. The lowest BCUT2D eigenvalue weighted by atomic mass is 10.1. The third kappa shape index (κ3) is 2.57. The molecule has 1 aromatic heterocycles. The van der Waals surface area contributed by atoms with Crippen LogP contribution in [0.2, 0.25) is 0 Å². The van der Waals surface area contributed by atoms with E-state index in [1.54, 1.807) is 0 Å². The second-order valence-electron chi connectivity index (χ2n) is 6.92. The van der Waals surface area contributed by atoms with Gasteiger partial charge in [0.1, 0.15) is 17.5 Å². The molecular weight excluding hydrogens is 276 g/mol. The quantitative estimate of drug-likeness (QED) is 0.858. The summed E-state index contributed by atoms with van der Waals surface area (Å²) < 4.78 is 0. The number of hydrogen-bond acceptors (Lipinski definition) is 5. The average molecular weight is 300 g/mol. The fourth-order valence-electron chi connectivity index (χ4n) is 3.46. The predicted molar refractivity (Wildman–Crippen MR) is 86.6 cm³/mol. The number of nitrogens with zero attached hydrogens (tertiary/aromatic N) is 4. The first-order chi connectivity index (χ1) is 10.7. The van der Waals surface area contributed by atoms with E-state index in [2.05, 4.69) is 16.7 Å². The molecule has 0 atom stereocenters. The van der Waals surface area contributed by atoms with Crippen LogP contribution in [0.15, 0.2) is 0 Å². The van der Waals surface area contributed by atoms with Crippen molar-refractivity contribution in [1.29, 1.82) is 0 Å². The topological polar surface area (TPSA) is 49.3 Å². The number of carbonyl (C=O) groups is 1. The van der Waals surface area contributed by atoms with Crippen LogP contribution in [0.1, 0.15) is 55.8 Å². The molecule has 0 spiro atoms. The Balaban J connectivity index is 1.70. The van der Waals surface area contributed by atoms with Crippen molar-refractivity contribution in [2.24, 2.45) is 0 Å². The Morgan fingerprint density at radius 1 is 0.909 bits per heavy atom. The van der Waals surface area contributed by atoms with Crippen LogP contribution < -0.4 is 9.80 Å². The summed E-state index contributed by atoms with van der Waals surface area (Å²) in [5.41, 5.74) is 1.15. The van der Waals surface area contributed by atoms with Crippen molar-refractivity contribution in [3.63, 3.8) is 0 Å². The Labute approximate surface area is 131 Å². The molecule has 3 aliphatic rings. The summed E-state index contributed by atoms with van der Waals surface area (Å²) in [5.74, 6) is 3.97. The fraction of sp³-hybridized carbons (Fsp3) is 0.706. The van der Waals surface area contributed by atoms with E-state index >= 15 is 0 Å². The predicted octanol–water partition coefficient (Wildman–Crippen LogP) is 2.43. The van der Waals surface area contributed by atoms with Crippen molar-refractivity contribution in [2.75, 3.05) is 36.0 Å². The molecule has 0 N–H and O–H groups in total. The van der Waals surface area contributed by atoms with Gasteiger partial charge >= 0.3 is 0 Å². The van der Waals surface area contributed by atoms with E-state index in [1.807, 2.05) is 0 Å². The molecule has 4 rings (SSSR count). The van der Waals surface area contributed by atoms with Crippen LogP contribution in [0.3, 0.4) is 0 Å². The zero-order chi connectivity index (χ0) is 15.1. The summed E-state index contributed by atoms with van der Waals surface area (Å²) in [7, 11) is 0. The largest absolute Gasteiger partial charge is 0.356 e. The molecule has 0 unspecified atom stereocenters. The monoisotopic (exact) mass is 300 g/mol. The van der Waals surface area contributed by atoms with Gasteiger partial charge in [0.2, 0.25) is 0 Å². The van der Waals surface area contributed by atoms with Gasteiger partial charge in [-0.25, -0.2) is 9.97 Å². The van der Waals surface area contributed by atoms with Crippen LogP contribution in [-0.2, 0) is 4.79 Å². The molecule has 118 valence electrons. The van der Waals surface area contributed by atoms with Gasteiger partial charge in [-0.3, -0.25) is 4.79 Å². The standard InChI is InChI=1S/C17H24N4O/c1-12-16(20-8-4-2-3-5-9-20)18-15(13-6-7-13)19-17(12)21-10-14(22)11-21/h13H,2-11H2,1H3. The molecule has 5 heteroatoms. The maximum atomic E-state index is 11.4. The molecule has 0 aromatic carbocycles. The van der Waals surface area contributed by atoms with Gasteiger partial charge in [0.15, 0.2) is 5.78 Å². The van der Waals surface area contributed by atoms with Gasteiger partial charge in [0, 0.05) is 24.6 Å². The highest BCUT2D eigenvalue weighted by molar-refractivity contribution is 5.95. The maximum absolute atomic E-state index is 11.4. The highest BCUT2D eigenvalue weighted by Gasteiger charge is 2.33. The average Bonchev–Trinajstić information content (AvgIpc) is 3.31. The molecule has 0 bridgehead atoms. The maximum Gasteiger partial charge on any atom is 0.171 e. The Morgan fingerprint density at radius 3 is 2.05 bits per heavy atom. The van der Waals surface area contributed by atoms with Crippen molar-refractivity contribution < 1.29 is 4.79 Å². The van der Waals surface area contributed by atoms with E-state index < -0.39 is 0 Å². The molecule has 1 saturated carbocycles. The van der Waals surface area contributed by atoms with Crippen LogP contribution in [0.4, 0.5) is 11.6 Å². The molecule has 3 heterocycles. The molecule has 22 heavy (non-hydrogen) atoms.